The minimum absolute atomic E-state index is 0.0974. The van der Waals surface area contributed by atoms with Crippen molar-refractivity contribution < 1.29 is 21.2 Å². The molecule has 0 aliphatic carbocycles. The third kappa shape index (κ3) is 3.92. The van der Waals surface area contributed by atoms with Gasteiger partial charge in [-0.2, -0.15) is 4.31 Å². The Balaban J connectivity index is 2.05. The molecule has 0 spiro atoms. The lowest BCUT2D eigenvalue weighted by Gasteiger charge is -2.16. The van der Waals surface area contributed by atoms with Gasteiger partial charge in [0.2, 0.25) is 20.0 Å². The summed E-state index contributed by atoms with van der Waals surface area (Å²) < 4.78 is 64.1. The summed E-state index contributed by atoms with van der Waals surface area (Å²) in [5, 5.41) is 0.809. The van der Waals surface area contributed by atoms with Crippen molar-refractivity contribution in [2.45, 2.75) is 11.3 Å². The number of nitrogens with one attached hydrogen (secondary N) is 1. The molecule has 1 aromatic carbocycles. The van der Waals surface area contributed by atoms with Crippen molar-refractivity contribution in [2.75, 3.05) is 19.6 Å². The maximum Gasteiger partial charge on any atom is 0.243 e. The Morgan fingerprint density at radius 3 is 2.73 bits per heavy atom. The first-order valence-electron chi connectivity index (χ1n) is 6.62. The third-order valence-corrected chi connectivity index (χ3v) is 6.34. The topological polar surface area (TPSA) is 83.6 Å². The Morgan fingerprint density at radius 1 is 1.36 bits per heavy atom. The van der Waals surface area contributed by atoms with Crippen molar-refractivity contribution in [3.63, 3.8) is 0 Å². The molecule has 0 saturated carbocycles. The lowest BCUT2D eigenvalue weighted by Crippen LogP contribution is -2.32. The monoisotopic (exact) mass is 348 g/mol. The van der Waals surface area contributed by atoms with Crippen molar-refractivity contribution in [2.24, 2.45) is 5.92 Å². The van der Waals surface area contributed by atoms with E-state index in [4.69, 9.17) is 0 Å². The van der Waals surface area contributed by atoms with Crippen LogP contribution in [0.5, 0.6) is 0 Å². The van der Waals surface area contributed by atoms with E-state index in [1.807, 2.05) is 0 Å². The summed E-state index contributed by atoms with van der Waals surface area (Å²) in [7, 11) is -7.28. The van der Waals surface area contributed by atoms with E-state index in [9.17, 15) is 21.2 Å². The van der Waals surface area contributed by atoms with Crippen LogP contribution in [0.3, 0.4) is 0 Å². The van der Waals surface area contributed by atoms with E-state index >= 15 is 0 Å². The molecule has 22 heavy (non-hydrogen) atoms. The molecule has 122 valence electrons. The average Bonchev–Trinajstić information content (AvgIpc) is 2.95. The molecule has 1 saturated heterocycles. The van der Waals surface area contributed by atoms with Crippen LogP contribution in [-0.4, -0.2) is 40.8 Å². The average molecular weight is 348 g/mol. The second-order valence-electron chi connectivity index (χ2n) is 5.04. The van der Waals surface area contributed by atoms with Gasteiger partial charge in [-0.1, -0.05) is 12.6 Å². The Kier molecular flexibility index (Phi) is 5.00. The molecule has 0 aromatic heterocycles. The van der Waals surface area contributed by atoms with E-state index in [0.717, 1.165) is 11.5 Å². The van der Waals surface area contributed by atoms with E-state index < -0.39 is 25.9 Å². The molecule has 0 radical (unpaired) electrons. The highest BCUT2D eigenvalue weighted by atomic mass is 32.2. The van der Waals surface area contributed by atoms with Gasteiger partial charge in [0.05, 0.1) is 4.90 Å². The van der Waals surface area contributed by atoms with Crippen LogP contribution < -0.4 is 4.72 Å². The molecule has 1 N–H and O–H groups in total. The highest BCUT2D eigenvalue weighted by Gasteiger charge is 2.32. The Morgan fingerprint density at radius 2 is 2.09 bits per heavy atom. The lowest BCUT2D eigenvalue weighted by molar-refractivity contribution is 0.454. The first-order chi connectivity index (χ1) is 10.2. The van der Waals surface area contributed by atoms with Crippen molar-refractivity contribution in [3.05, 3.63) is 42.1 Å². The molecule has 1 heterocycles. The predicted octanol–water partition coefficient (Wildman–Crippen LogP) is 0.899. The van der Waals surface area contributed by atoms with Crippen LogP contribution in [0.25, 0.3) is 0 Å². The SMILES string of the molecule is C=CS(=O)(=O)NCC1CCN(S(=O)(=O)c2cccc(F)c2)C1. The van der Waals surface area contributed by atoms with E-state index in [2.05, 4.69) is 11.3 Å². The van der Waals surface area contributed by atoms with Crippen LogP contribution in [0.2, 0.25) is 0 Å². The summed E-state index contributed by atoms with van der Waals surface area (Å²) in [4.78, 5) is -0.0974. The van der Waals surface area contributed by atoms with Gasteiger partial charge in [0, 0.05) is 25.0 Å². The predicted molar refractivity (Wildman–Crippen MR) is 80.4 cm³/mol. The number of hydrogen-bond acceptors (Lipinski definition) is 4. The summed E-state index contributed by atoms with van der Waals surface area (Å²) in [5.74, 6) is -0.742. The summed E-state index contributed by atoms with van der Waals surface area (Å²) >= 11 is 0. The number of nitrogens with zero attached hydrogens (tertiary/aromatic N) is 1. The molecule has 1 unspecified atom stereocenters. The van der Waals surface area contributed by atoms with Crippen LogP contribution in [0, 0.1) is 11.7 Å². The van der Waals surface area contributed by atoms with Crippen LogP contribution in [0.4, 0.5) is 4.39 Å². The van der Waals surface area contributed by atoms with E-state index in [1.54, 1.807) is 0 Å². The standard InChI is InChI=1S/C13H17FN2O4S2/c1-2-21(17,18)15-9-11-6-7-16(10-11)22(19,20)13-5-3-4-12(14)8-13/h2-5,8,11,15H,1,6-7,9-10H2. The normalized spacial score (nSPS) is 20.1. The number of halogens is 1. The molecule has 9 heteroatoms. The lowest BCUT2D eigenvalue weighted by atomic mass is 10.1. The molecule has 1 atom stereocenters. The third-order valence-electron chi connectivity index (χ3n) is 3.48. The van der Waals surface area contributed by atoms with E-state index in [0.29, 0.717) is 6.42 Å². The highest BCUT2D eigenvalue weighted by molar-refractivity contribution is 7.92. The molecular weight excluding hydrogens is 331 g/mol. The second-order valence-corrected chi connectivity index (χ2v) is 8.69. The van der Waals surface area contributed by atoms with Gasteiger partial charge in [0.1, 0.15) is 5.82 Å². The molecule has 0 bridgehead atoms. The van der Waals surface area contributed by atoms with E-state index in [1.165, 1.54) is 22.5 Å². The smallest absolute Gasteiger partial charge is 0.211 e. The molecule has 2 rings (SSSR count). The zero-order chi connectivity index (χ0) is 16.4. The number of rotatable bonds is 6. The second kappa shape index (κ2) is 6.45. The summed E-state index contributed by atoms with van der Waals surface area (Å²) in [6.07, 6.45) is 0.536. The zero-order valence-electron chi connectivity index (χ0n) is 11.8. The number of benzene rings is 1. The first kappa shape index (κ1) is 17.1. The maximum atomic E-state index is 13.2. The Hall–Kier alpha value is -1.29. The molecule has 1 aromatic rings. The van der Waals surface area contributed by atoms with Gasteiger partial charge in [-0.15, -0.1) is 0 Å². The molecule has 1 aliphatic heterocycles. The summed E-state index contributed by atoms with van der Waals surface area (Å²) in [6, 6.07) is 4.83. The zero-order valence-corrected chi connectivity index (χ0v) is 13.4. The van der Waals surface area contributed by atoms with Crippen LogP contribution in [-0.2, 0) is 20.0 Å². The van der Waals surface area contributed by atoms with Crippen LogP contribution in [0.15, 0.2) is 41.1 Å². The molecule has 0 amide bonds. The first-order valence-corrected chi connectivity index (χ1v) is 9.61. The minimum atomic E-state index is -3.76. The quantitative estimate of drug-likeness (QED) is 0.828. The van der Waals surface area contributed by atoms with Crippen molar-refractivity contribution >= 4 is 20.0 Å². The summed E-state index contributed by atoms with van der Waals surface area (Å²) in [6.45, 7) is 3.80. The summed E-state index contributed by atoms with van der Waals surface area (Å²) in [5.41, 5.74) is 0. The van der Waals surface area contributed by atoms with Crippen LogP contribution in [0.1, 0.15) is 6.42 Å². The molecular formula is C13H17FN2O4S2. The van der Waals surface area contributed by atoms with Gasteiger partial charge in [-0.3, -0.25) is 0 Å². The fourth-order valence-corrected chi connectivity index (χ4v) is 4.40. The molecule has 1 aliphatic rings. The van der Waals surface area contributed by atoms with Crippen molar-refractivity contribution in [3.8, 4) is 0 Å². The fraction of sp³-hybridized carbons (Fsp3) is 0.385. The fourth-order valence-electron chi connectivity index (χ4n) is 2.25. The minimum Gasteiger partial charge on any atom is -0.211 e. The van der Waals surface area contributed by atoms with Gasteiger partial charge >= 0.3 is 0 Å². The number of sulfonamides is 2. The van der Waals surface area contributed by atoms with Crippen LogP contribution >= 0.6 is 0 Å². The van der Waals surface area contributed by atoms with Gasteiger partial charge in [0.15, 0.2) is 0 Å². The van der Waals surface area contributed by atoms with Gasteiger partial charge in [0.25, 0.3) is 0 Å². The molecule has 6 nitrogen and oxygen atoms in total. The van der Waals surface area contributed by atoms with Gasteiger partial charge < -0.3 is 0 Å². The Labute approximate surface area is 129 Å². The maximum absolute atomic E-state index is 13.2. The largest absolute Gasteiger partial charge is 0.243 e. The van der Waals surface area contributed by atoms with Crippen molar-refractivity contribution in [1.29, 1.82) is 0 Å². The van der Waals surface area contributed by atoms with Gasteiger partial charge in [-0.05, 0) is 30.5 Å². The highest BCUT2D eigenvalue weighted by Crippen LogP contribution is 2.24. The van der Waals surface area contributed by atoms with Crippen molar-refractivity contribution in [1.82, 2.24) is 9.03 Å². The van der Waals surface area contributed by atoms with E-state index in [-0.39, 0.29) is 30.4 Å². The Bertz CT molecular complexity index is 762. The van der Waals surface area contributed by atoms with Gasteiger partial charge in [-0.25, -0.2) is 25.9 Å². The molecule has 1 fully saturated rings. The number of hydrogen-bond donors (Lipinski definition) is 1.